The number of benzene rings is 1. The van der Waals surface area contributed by atoms with Gasteiger partial charge in [0, 0.05) is 19.3 Å². The number of methoxy groups -OCH3 is 1. The minimum atomic E-state index is -0.469. The molecule has 2 saturated heterocycles. The molecule has 1 N–H and O–H groups in total. The standard InChI is InChI=1S/C22H23N5O4/c1-30-21(28)14-4-2-5-15(12-14)31-22(29)27-10-3-6-17-18(27)8-11-26(17)20-16-7-9-23-19(16)24-13-25-20/h2,4-5,7,9,12-13,17-18H,3,6,8,10-11H2,1H3,(H,23,24,25). The van der Waals surface area contributed by atoms with Crippen molar-refractivity contribution in [3.8, 4) is 5.75 Å². The summed E-state index contributed by atoms with van der Waals surface area (Å²) in [6, 6.07) is 8.69. The van der Waals surface area contributed by atoms with Crippen molar-refractivity contribution >= 4 is 28.9 Å². The number of aromatic nitrogens is 3. The Bertz CT molecular complexity index is 1130. The number of likely N-dealkylation sites (tertiary alicyclic amines) is 1. The largest absolute Gasteiger partial charge is 0.465 e. The molecule has 9 nitrogen and oxygen atoms in total. The zero-order chi connectivity index (χ0) is 21.4. The molecule has 1 aromatic carbocycles. The van der Waals surface area contributed by atoms with Gasteiger partial charge < -0.3 is 24.3 Å². The van der Waals surface area contributed by atoms with Gasteiger partial charge in [-0.05, 0) is 43.5 Å². The van der Waals surface area contributed by atoms with Gasteiger partial charge in [0.1, 0.15) is 23.5 Å². The van der Waals surface area contributed by atoms with Crippen LogP contribution in [0.2, 0.25) is 0 Å². The molecule has 3 aromatic rings. The second-order valence-electron chi connectivity index (χ2n) is 7.78. The van der Waals surface area contributed by atoms with E-state index in [1.54, 1.807) is 24.5 Å². The maximum absolute atomic E-state index is 13.0. The van der Waals surface area contributed by atoms with E-state index >= 15 is 0 Å². The Labute approximate surface area is 179 Å². The van der Waals surface area contributed by atoms with Crippen LogP contribution in [-0.4, -0.2) is 64.2 Å². The van der Waals surface area contributed by atoms with Gasteiger partial charge >= 0.3 is 12.1 Å². The van der Waals surface area contributed by atoms with Crippen LogP contribution < -0.4 is 9.64 Å². The van der Waals surface area contributed by atoms with Crippen LogP contribution in [0.25, 0.3) is 11.0 Å². The summed E-state index contributed by atoms with van der Waals surface area (Å²) in [6.07, 6.45) is 5.76. The predicted molar refractivity (Wildman–Crippen MR) is 113 cm³/mol. The number of esters is 1. The molecule has 0 spiro atoms. The highest BCUT2D eigenvalue weighted by Crippen LogP contribution is 2.36. The molecule has 4 heterocycles. The highest BCUT2D eigenvalue weighted by Gasteiger charge is 2.43. The number of hydrogen-bond acceptors (Lipinski definition) is 7. The zero-order valence-corrected chi connectivity index (χ0v) is 17.2. The lowest BCUT2D eigenvalue weighted by Gasteiger charge is -2.39. The summed E-state index contributed by atoms with van der Waals surface area (Å²) in [5.74, 6) is 0.762. The van der Waals surface area contributed by atoms with Crippen molar-refractivity contribution in [2.75, 3.05) is 25.1 Å². The van der Waals surface area contributed by atoms with Crippen LogP contribution in [-0.2, 0) is 4.74 Å². The average Bonchev–Trinajstić information content (AvgIpc) is 3.45. The molecule has 0 aliphatic carbocycles. The molecule has 2 aliphatic heterocycles. The zero-order valence-electron chi connectivity index (χ0n) is 17.2. The number of carbonyl (C=O) groups is 2. The molecule has 2 fully saturated rings. The number of anilines is 1. The fourth-order valence-electron chi connectivity index (χ4n) is 4.73. The quantitative estimate of drug-likeness (QED) is 0.649. The molecule has 2 atom stereocenters. The topological polar surface area (TPSA) is 101 Å². The monoisotopic (exact) mass is 421 g/mol. The van der Waals surface area contributed by atoms with Crippen molar-refractivity contribution in [2.45, 2.75) is 31.3 Å². The molecule has 31 heavy (non-hydrogen) atoms. The van der Waals surface area contributed by atoms with Crippen molar-refractivity contribution in [1.29, 1.82) is 0 Å². The van der Waals surface area contributed by atoms with E-state index in [9.17, 15) is 9.59 Å². The van der Waals surface area contributed by atoms with Crippen molar-refractivity contribution in [2.24, 2.45) is 0 Å². The summed E-state index contributed by atoms with van der Waals surface area (Å²) in [7, 11) is 1.32. The van der Waals surface area contributed by atoms with E-state index in [0.717, 1.165) is 42.7 Å². The maximum atomic E-state index is 13.0. The first-order valence-electron chi connectivity index (χ1n) is 10.4. The lowest BCUT2D eigenvalue weighted by Crippen LogP contribution is -2.53. The number of hydrogen-bond donors (Lipinski definition) is 1. The van der Waals surface area contributed by atoms with E-state index in [4.69, 9.17) is 9.47 Å². The fourth-order valence-corrected chi connectivity index (χ4v) is 4.73. The first kappa shape index (κ1) is 19.3. The van der Waals surface area contributed by atoms with E-state index in [2.05, 4.69) is 19.9 Å². The number of piperidine rings is 1. The second-order valence-corrected chi connectivity index (χ2v) is 7.78. The minimum Gasteiger partial charge on any atom is -0.465 e. The van der Waals surface area contributed by atoms with Crippen LogP contribution in [0.5, 0.6) is 5.75 Å². The number of ether oxygens (including phenoxy) is 2. The Morgan fingerprint density at radius 1 is 1.13 bits per heavy atom. The maximum Gasteiger partial charge on any atom is 0.415 e. The van der Waals surface area contributed by atoms with Crippen LogP contribution in [0.4, 0.5) is 10.6 Å². The van der Waals surface area contributed by atoms with Crippen LogP contribution >= 0.6 is 0 Å². The molecule has 0 bridgehead atoms. The van der Waals surface area contributed by atoms with Gasteiger partial charge in [-0.1, -0.05) is 6.07 Å². The van der Waals surface area contributed by atoms with Crippen LogP contribution in [0, 0.1) is 0 Å². The molecule has 2 aliphatic rings. The van der Waals surface area contributed by atoms with Gasteiger partial charge in [-0.3, -0.25) is 0 Å². The van der Waals surface area contributed by atoms with Gasteiger partial charge in [-0.15, -0.1) is 0 Å². The van der Waals surface area contributed by atoms with E-state index in [1.807, 2.05) is 17.2 Å². The van der Waals surface area contributed by atoms with Gasteiger partial charge in [0.2, 0.25) is 0 Å². The molecule has 2 unspecified atom stereocenters. The molecule has 0 saturated carbocycles. The van der Waals surface area contributed by atoms with Gasteiger partial charge in [0.15, 0.2) is 0 Å². The molecule has 9 heteroatoms. The van der Waals surface area contributed by atoms with Crippen LogP contribution in [0.15, 0.2) is 42.9 Å². The lowest BCUT2D eigenvalue weighted by atomic mass is 9.97. The van der Waals surface area contributed by atoms with Crippen molar-refractivity contribution in [1.82, 2.24) is 19.9 Å². The third-order valence-electron chi connectivity index (χ3n) is 6.11. The van der Waals surface area contributed by atoms with Gasteiger partial charge in [0.05, 0.1) is 30.1 Å². The minimum absolute atomic E-state index is 0.0500. The van der Waals surface area contributed by atoms with Crippen molar-refractivity contribution in [3.05, 3.63) is 48.4 Å². The lowest BCUT2D eigenvalue weighted by molar-refractivity contribution is 0.0599. The molecule has 1 amide bonds. The number of nitrogens with one attached hydrogen (secondary N) is 1. The van der Waals surface area contributed by atoms with E-state index in [0.29, 0.717) is 17.9 Å². The number of H-pyrrole nitrogens is 1. The van der Waals surface area contributed by atoms with Crippen LogP contribution in [0.1, 0.15) is 29.6 Å². The molecule has 5 rings (SSSR count). The Kier molecular flexibility index (Phi) is 4.93. The molecule has 2 aromatic heterocycles. The average molecular weight is 421 g/mol. The Morgan fingerprint density at radius 3 is 2.90 bits per heavy atom. The number of fused-ring (bicyclic) bond motifs is 2. The van der Waals surface area contributed by atoms with Gasteiger partial charge in [0.25, 0.3) is 0 Å². The van der Waals surface area contributed by atoms with Crippen molar-refractivity contribution < 1.29 is 19.1 Å². The third-order valence-corrected chi connectivity index (χ3v) is 6.11. The number of aromatic amines is 1. The van der Waals surface area contributed by atoms with Gasteiger partial charge in [-0.2, -0.15) is 0 Å². The molecular weight excluding hydrogens is 398 g/mol. The summed E-state index contributed by atoms with van der Waals surface area (Å²) in [5.41, 5.74) is 1.15. The Morgan fingerprint density at radius 2 is 2.03 bits per heavy atom. The number of rotatable bonds is 3. The fraction of sp³-hybridized carbons (Fsp3) is 0.364. The Balaban J connectivity index is 1.35. The summed E-state index contributed by atoms with van der Waals surface area (Å²) in [5, 5.41) is 0.988. The molecular formula is C22H23N5O4. The van der Waals surface area contributed by atoms with Crippen LogP contribution in [0.3, 0.4) is 0 Å². The van der Waals surface area contributed by atoms with Gasteiger partial charge in [-0.25, -0.2) is 19.6 Å². The van der Waals surface area contributed by atoms with E-state index in [1.165, 1.54) is 13.2 Å². The second kappa shape index (κ2) is 7.90. The SMILES string of the molecule is COC(=O)c1cccc(OC(=O)N2CCCC3C2CCN3c2ncnc3[nH]ccc23)c1. The number of amides is 1. The highest BCUT2D eigenvalue weighted by atomic mass is 16.6. The number of nitrogens with zero attached hydrogens (tertiary/aromatic N) is 4. The summed E-state index contributed by atoms with van der Waals surface area (Å²) >= 11 is 0. The molecule has 160 valence electrons. The molecule has 0 radical (unpaired) electrons. The smallest absolute Gasteiger partial charge is 0.415 e. The summed E-state index contributed by atoms with van der Waals surface area (Å²) < 4.78 is 10.4. The highest BCUT2D eigenvalue weighted by molar-refractivity contribution is 5.90. The van der Waals surface area contributed by atoms with E-state index in [-0.39, 0.29) is 12.1 Å². The number of carbonyl (C=O) groups excluding carboxylic acids is 2. The summed E-state index contributed by atoms with van der Waals surface area (Å²) in [4.78, 5) is 40.8. The first-order valence-corrected chi connectivity index (χ1v) is 10.4. The summed E-state index contributed by atoms with van der Waals surface area (Å²) in [6.45, 7) is 1.46. The van der Waals surface area contributed by atoms with E-state index < -0.39 is 12.1 Å². The Hall–Kier alpha value is -3.62. The third kappa shape index (κ3) is 3.45. The predicted octanol–water partition coefficient (Wildman–Crippen LogP) is 2.99. The van der Waals surface area contributed by atoms with Crippen molar-refractivity contribution in [3.63, 3.8) is 0 Å². The first-order chi connectivity index (χ1) is 15.2. The normalized spacial score (nSPS) is 20.5.